The van der Waals surface area contributed by atoms with E-state index in [1.165, 1.54) is 6.07 Å². The van der Waals surface area contributed by atoms with E-state index in [-0.39, 0.29) is 17.2 Å². The Morgan fingerprint density at radius 3 is 2.55 bits per heavy atom. The first-order valence-electron chi connectivity index (χ1n) is 5.89. The van der Waals surface area contributed by atoms with Gasteiger partial charge in [-0.2, -0.15) is 5.26 Å². The summed E-state index contributed by atoms with van der Waals surface area (Å²) in [6.45, 7) is 0. The SMILES string of the molecule is N#C/C(NN)=C(/N)c1cccc(-c2ccccc2F)c1. The highest BCUT2D eigenvalue weighted by Gasteiger charge is 2.08. The van der Waals surface area contributed by atoms with E-state index in [9.17, 15) is 4.39 Å². The number of nitriles is 1. The number of hydrogen-bond acceptors (Lipinski definition) is 4. The number of rotatable bonds is 3. The zero-order chi connectivity index (χ0) is 14.5. The number of hydrazine groups is 1. The second-order valence-electron chi connectivity index (χ2n) is 4.11. The monoisotopic (exact) mass is 268 g/mol. The van der Waals surface area contributed by atoms with Crippen LogP contribution in [0.2, 0.25) is 0 Å². The molecule has 0 unspecified atom stereocenters. The summed E-state index contributed by atoms with van der Waals surface area (Å²) in [6.07, 6.45) is 0. The van der Waals surface area contributed by atoms with Crippen LogP contribution in [0.15, 0.2) is 54.2 Å². The summed E-state index contributed by atoms with van der Waals surface area (Å²) >= 11 is 0. The van der Waals surface area contributed by atoms with Crippen LogP contribution >= 0.6 is 0 Å². The van der Waals surface area contributed by atoms with Gasteiger partial charge >= 0.3 is 0 Å². The minimum atomic E-state index is -0.315. The molecule has 5 heteroatoms. The zero-order valence-electron chi connectivity index (χ0n) is 10.6. The average molecular weight is 268 g/mol. The number of halogens is 1. The molecule has 4 nitrogen and oxygen atoms in total. The Hall–Kier alpha value is -2.84. The maximum absolute atomic E-state index is 13.8. The van der Waals surface area contributed by atoms with Crippen molar-refractivity contribution in [3.63, 3.8) is 0 Å². The van der Waals surface area contributed by atoms with Crippen molar-refractivity contribution < 1.29 is 4.39 Å². The van der Waals surface area contributed by atoms with Gasteiger partial charge in [0.15, 0.2) is 5.70 Å². The van der Waals surface area contributed by atoms with Crippen molar-refractivity contribution in [3.8, 4) is 17.2 Å². The summed E-state index contributed by atoms with van der Waals surface area (Å²) in [6, 6.07) is 15.3. The lowest BCUT2D eigenvalue weighted by Gasteiger charge is -2.08. The van der Waals surface area contributed by atoms with Gasteiger partial charge in [0.1, 0.15) is 11.9 Å². The van der Waals surface area contributed by atoms with E-state index in [4.69, 9.17) is 16.8 Å². The summed E-state index contributed by atoms with van der Waals surface area (Å²) < 4.78 is 13.8. The second-order valence-corrected chi connectivity index (χ2v) is 4.11. The average Bonchev–Trinajstić information content (AvgIpc) is 2.49. The highest BCUT2D eigenvalue weighted by atomic mass is 19.1. The third-order valence-corrected chi connectivity index (χ3v) is 2.88. The highest BCUT2D eigenvalue weighted by molar-refractivity contribution is 5.74. The van der Waals surface area contributed by atoms with Gasteiger partial charge in [-0.25, -0.2) is 10.2 Å². The Morgan fingerprint density at radius 2 is 1.90 bits per heavy atom. The zero-order valence-corrected chi connectivity index (χ0v) is 10.6. The minimum Gasteiger partial charge on any atom is -0.396 e. The van der Waals surface area contributed by atoms with Crippen LogP contribution in [0.1, 0.15) is 5.56 Å². The van der Waals surface area contributed by atoms with Crippen LogP contribution < -0.4 is 17.0 Å². The van der Waals surface area contributed by atoms with Crippen LogP contribution in [-0.2, 0) is 0 Å². The molecule has 0 radical (unpaired) electrons. The normalized spacial score (nSPS) is 11.4. The number of nitrogens with two attached hydrogens (primary N) is 2. The molecule has 2 rings (SSSR count). The van der Waals surface area contributed by atoms with Crippen LogP contribution in [0.25, 0.3) is 16.8 Å². The third kappa shape index (κ3) is 2.60. The molecule has 0 amide bonds. The number of nitrogens with zero attached hydrogens (tertiary/aromatic N) is 1. The maximum Gasteiger partial charge on any atom is 0.151 e. The van der Waals surface area contributed by atoms with Crippen molar-refractivity contribution in [1.29, 1.82) is 5.26 Å². The van der Waals surface area contributed by atoms with Crippen LogP contribution in [0.4, 0.5) is 4.39 Å². The number of hydrogen-bond donors (Lipinski definition) is 3. The van der Waals surface area contributed by atoms with Crippen molar-refractivity contribution in [2.24, 2.45) is 11.6 Å². The molecule has 2 aromatic rings. The molecule has 0 aliphatic heterocycles. The Labute approximate surface area is 116 Å². The molecule has 0 atom stereocenters. The van der Waals surface area contributed by atoms with Gasteiger partial charge in [0.25, 0.3) is 0 Å². The fraction of sp³-hybridized carbons (Fsp3) is 0. The van der Waals surface area contributed by atoms with E-state index < -0.39 is 0 Å². The minimum absolute atomic E-state index is 0.0654. The predicted molar refractivity (Wildman–Crippen MR) is 75.9 cm³/mol. The molecule has 0 aliphatic carbocycles. The Kier molecular flexibility index (Phi) is 3.99. The van der Waals surface area contributed by atoms with Gasteiger partial charge in [-0.3, -0.25) is 0 Å². The largest absolute Gasteiger partial charge is 0.396 e. The molecule has 0 fully saturated rings. The van der Waals surface area contributed by atoms with E-state index in [0.29, 0.717) is 16.7 Å². The lowest BCUT2D eigenvalue weighted by molar-refractivity contribution is 0.631. The van der Waals surface area contributed by atoms with E-state index in [2.05, 4.69) is 5.43 Å². The van der Waals surface area contributed by atoms with Gasteiger partial charge < -0.3 is 11.2 Å². The lowest BCUT2D eigenvalue weighted by atomic mass is 10.0. The van der Waals surface area contributed by atoms with Gasteiger partial charge in [0.05, 0.1) is 5.70 Å². The number of benzene rings is 2. The molecule has 0 bridgehead atoms. The molecule has 20 heavy (non-hydrogen) atoms. The Morgan fingerprint density at radius 1 is 1.15 bits per heavy atom. The van der Waals surface area contributed by atoms with Crippen LogP contribution in [0, 0.1) is 17.1 Å². The van der Waals surface area contributed by atoms with Crippen LogP contribution in [-0.4, -0.2) is 0 Å². The molecule has 5 N–H and O–H groups in total. The maximum atomic E-state index is 13.8. The van der Waals surface area contributed by atoms with E-state index in [0.717, 1.165) is 0 Å². The second kappa shape index (κ2) is 5.87. The molecule has 0 saturated heterocycles. The van der Waals surface area contributed by atoms with Crippen LogP contribution in [0.5, 0.6) is 0 Å². The summed E-state index contributed by atoms with van der Waals surface area (Å²) in [5.74, 6) is 4.91. The predicted octanol–water partition coefficient (Wildman–Crippen LogP) is 2.11. The highest BCUT2D eigenvalue weighted by Crippen LogP contribution is 2.25. The van der Waals surface area contributed by atoms with E-state index in [1.54, 1.807) is 42.5 Å². The molecule has 100 valence electrons. The van der Waals surface area contributed by atoms with E-state index in [1.807, 2.05) is 6.07 Å². The van der Waals surface area contributed by atoms with Gasteiger partial charge in [-0.1, -0.05) is 36.4 Å². The summed E-state index contributed by atoms with van der Waals surface area (Å²) in [5, 5.41) is 8.90. The quantitative estimate of drug-likeness (QED) is 0.452. The Bertz CT molecular complexity index is 701. The molecule has 0 aliphatic rings. The van der Waals surface area contributed by atoms with Gasteiger partial charge in [0, 0.05) is 11.1 Å². The van der Waals surface area contributed by atoms with Crippen LogP contribution in [0.3, 0.4) is 0 Å². The van der Waals surface area contributed by atoms with Crippen molar-refractivity contribution in [2.75, 3.05) is 0 Å². The molecule has 0 saturated carbocycles. The molecule has 0 aromatic heterocycles. The number of nitrogens with one attached hydrogen (secondary N) is 1. The van der Waals surface area contributed by atoms with Crippen molar-refractivity contribution in [2.45, 2.75) is 0 Å². The molecule has 0 spiro atoms. The van der Waals surface area contributed by atoms with Crippen molar-refractivity contribution in [1.82, 2.24) is 5.43 Å². The van der Waals surface area contributed by atoms with Gasteiger partial charge in [0.2, 0.25) is 0 Å². The fourth-order valence-corrected chi connectivity index (χ4v) is 1.86. The summed E-state index contributed by atoms with van der Waals surface area (Å²) in [4.78, 5) is 0. The van der Waals surface area contributed by atoms with Crippen molar-refractivity contribution in [3.05, 3.63) is 65.6 Å². The van der Waals surface area contributed by atoms with E-state index >= 15 is 0 Å². The number of allylic oxidation sites excluding steroid dienone is 1. The van der Waals surface area contributed by atoms with Gasteiger partial charge in [-0.05, 0) is 17.7 Å². The standard InChI is InChI=1S/C15H13FN4/c16-13-7-2-1-6-12(13)10-4-3-5-11(8-10)15(18)14(9-17)20-19/h1-8,20H,18-19H2/b15-14-. The topological polar surface area (TPSA) is 87.9 Å². The summed E-state index contributed by atoms with van der Waals surface area (Å²) in [7, 11) is 0. The third-order valence-electron chi connectivity index (χ3n) is 2.88. The molecule has 2 aromatic carbocycles. The van der Waals surface area contributed by atoms with Crippen molar-refractivity contribution >= 4 is 5.70 Å². The lowest BCUT2D eigenvalue weighted by Crippen LogP contribution is -2.23. The smallest absolute Gasteiger partial charge is 0.151 e. The molecular formula is C15H13FN4. The summed E-state index contributed by atoms with van der Waals surface area (Å²) in [5.41, 5.74) is 10.1. The first kappa shape index (κ1) is 13.6. The van der Waals surface area contributed by atoms with Gasteiger partial charge in [-0.15, -0.1) is 0 Å². The molecular weight excluding hydrogens is 255 g/mol. The molecule has 0 heterocycles. The Balaban J connectivity index is 2.52. The first-order chi connectivity index (χ1) is 9.67. The first-order valence-corrected chi connectivity index (χ1v) is 5.89. The fourth-order valence-electron chi connectivity index (χ4n) is 1.86.